The number of Topliss-reactive ketones (excluding diaryl/α,β-unsaturated/α-hetero) is 1. The number of carbonyl (C=O) groups excluding carboxylic acids is 1. The summed E-state index contributed by atoms with van der Waals surface area (Å²) < 4.78 is 39.8. The number of aryl methyl sites for hydroxylation is 1. The molecule has 1 fully saturated rings. The van der Waals surface area contributed by atoms with E-state index in [4.69, 9.17) is 0 Å². The van der Waals surface area contributed by atoms with Crippen molar-refractivity contribution >= 4 is 5.78 Å². The second-order valence-corrected chi connectivity index (χ2v) is 6.62. The van der Waals surface area contributed by atoms with Crippen LogP contribution in [0.2, 0.25) is 0 Å². The van der Waals surface area contributed by atoms with Gasteiger partial charge in [-0.05, 0) is 54.9 Å². The molecule has 2 aliphatic rings. The van der Waals surface area contributed by atoms with Crippen molar-refractivity contribution in [3.63, 3.8) is 0 Å². The van der Waals surface area contributed by atoms with Crippen molar-refractivity contribution in [3.05, 3.63) is 29.3 Å². The summed E-state index contributed by atoms with van der Waals surface area (Å²) in [6.07, 6.45) is -2.37. The topological polar surface area (TPSA) is 37.3 Å². The average molecular weight is 312 g/mol. The van der Waals surface area contributed by atoms with Crippen LogP contribution in [0.1, 0.15) is 49.7 Å². The van der Waals surface area contributed by atoms with E-state index in [1.807, 2.05) is 0 Å². The zero-order valence-corrected chi connectivity index (χ0v) is 12.2. The molecule has 1 N–H and O–H groups in total. The van der Waals surface area contributed by atoms with Gasteiger partial charge in [0.05, 0.1) is 6.42 Å². The van der Waals surface area contributed by atoms with Crippen molar-refractivity contribution in [3.8, 4) is 5.75 Å². The molecule has 1 saturated carbocycles. The SMILES string of the molecule is O=C1CCC2(CC(F)(F)F)c3ccc(O)cc3CCCC2C1. The first-order valence-corrected chi connectivity index (χ1v) is 7.71. The van der Waals surface area contributed by atoms with Crippen LogP contribution in [0.25, 0.3) is 0 Å². The van der Waals surface area contributed by atoms with E-state index in [0.717, 1.165) is 12.0 Å². The van der Waals surface area contributed by atoms with Crippen molar-refractivity contribution in [2.24, 2.45) is 5.92 Å². The highest BCUT2D eigenvalue weighted by molar-refractivity contribution is 5.80. The fraction of sp³-hybridized carbons (Fsp3) is 0.588. The molecule has 0 aliphatic heterocycles. The second-order valence-electron chi connectivity index (χ2n) is 6.62. The molecule has 0 aromatic heterocycles. The number of carbonyl (C=O) groups is 1. The molecule has 2 nitrogen and oxygen atoms in total. The van der Waals surface area contributed by atoms with E-state index in [9.17, 15) is 23.1 Å². The molecule has 0 radical (unpaired) electrons. The van der Waals surface area contributed by atoms with Gasteiger partial charge in [-0.2, -0.15) is 13.2 Å². The normalized spacial score (nSPS) is 28.7. The summed E-state index contributed by atoms with van der Waals surface area (Å²) in [6, 6.07) is 4.70. The Balaban J connectivity index is 2.13. The minimum absolute atomic E-state index is 0.0741. The van der Waals surface area contributed by atoms with Crippen LogP contribution in [-0.4, -0.2) is 17.1 Å². The molecule has 5 heteroatoms. The number of aromatic hydroxyl groups is 1. The Hall–Kier alpha value is -1.52. The molecule has 2 unspecified atom stereocenters. The number of halogens is 3. The fourth-order valence-corrected chi connectivity index (χ4v) is 4.37. The lowest BCUT2D eigenvalue weighted by Gasteiger charge is -2.44. The molecule has 120 valence electrons. The molecule has 3 rings (SSSR count). The number of fused-ring (bicyclic) bond motifs is 3. The van der Waals surface area contributed by atoms with Crippen molar-refractivity contribution in [2.45, 2.75) is 56.5 Å². The molecule has 0 amide bonds. The first-order chi connectivity index (χ1) is 10.3. The van der Waals surface area contributed by atoms with Gasteiger partial charge in [0.1, 0.15) is 11.5 Å². The highest BCUT2D eigenvalue weighted by Crippen LogP contribution is 2.53. The van der Waals surface area contributed by atoms with E-state index in [1.165, 1.54) is 6.07 Å². The van der Waals surface area contributed by atoms with Crippen LogP contribution in [0.5, 0.6) is 5.75 Å². The lowest BCUT2D eigenvalue weighted by molar-refractivity contribution is -0.159. The predicted octanol–water partition coefficient (Wildman–Crippen LogP) is 4.29. The summed E-state index contributed by atoms with van der Waals surface area (Å²) >= 11 is 0. The van der Waals surface area contributed by atoms with E-state index in [0.29, 0.717) is 18.4 Å². The van der Waals surface area contributed by atoms with Gasteiger partial charge in [-0.3, -0.25) is 4.79 Å². The Morgan fingerprint density at radius 3 is 2.77 bits per heavy atom. The van der Waals surface area contributed by atoms with Gasteiger partial charge in [0.2, 0.25) is 0 Å². The summed E-state index contributed by atoms with van der Waals surface area (Å²) in [6.45, 7) is 0. The largest absolute Gasteiger partial charge is 0.508 e. The summed E-state index contributed by atoms with van der Waals surface area (Å²) in [4.78, 5) is 11.8. The smallest absolute Gasteiger partial charge is 0.389 e. The van der Waals surface area contributed by atoms with E-state index < -0.39 is 18.0 Å². The highest BCUT2D eigenvalue weighted by Gasteiger charge is 2.52. The van der Waals surface area contributed by atoms with E-state index in [1.54, 1.807) is 12.1 Å². The molecule has 0 bridgehead atoms. The van der Waals surface area contributed by atoms with E-state index in [2.05, 4.69) is 0 Å². The molecule has 22 heavy (non-hydrogen) atoms. The van der Waals surface area contributed by atoms with Crippen LogP contribution in [0.15, 0.2) is 18.2 Å². The van der Waals surface area contributed by atoms with Crippen molar-refractivity contribution in [1.29, 1.82) is 0 Å². The van der Waals surface area contributed by atoms with E-state index in [-0.39, 0.29) is 36.7 Å². The average Bonchev–Trinajstić information content (AvgIpc) is 2.54. The summed E-state index contributed by atoms with van der Waals surface area (Å²) in [5.41, 5.74) is 0.491. The van der Waals surface area contributed by atoms with Crippen LogP contribution in [0.3, 0.4) is 0 Å². The molecule has 2 aliphatic carbocycles. The molecule has 0 spiro atoms. The Kier molecular flexibility index (Phi) is 3.69. The van der Waals surface area contributed by atoms with Gasteiger partial charge in [-0.25, -0.2) is 0 Å². The van der Waals surface area contributed by atoms with Crippen LogP contribution in [0, 0.1) is 5.92 Å². The Bertz CT molecular complexity index is 594. The predicted molar refractivity (Wildman–Crippen MR) is 75.7 cm³/mol. The molecular formula is C17H19F3O2. The third kappa shape index (κ3) is 2.73. The summed E-state index contributed by atoms with van der Waals surface area (Å²) in [7, 11) is 0. The van der Waals surface area contributed by atoms with Crippen LogP contribution < -0.4 is 0 Å². The fourth-order valence-electron chi connectivity index (χ4n) is 4.37. The maximum absolute atomic E-state index is 13.3. The molecular weight excluding hydrogens is 293 g/mol. The first-order valence-electron chi connectivity index (χ1n) is 7.71. The minimum Gasteiger partial charge on any atom is -0.508 e. The Labute approximate surface area is 127 Å². The van der Waals surface area contributed by atoms with Gasteiger partial charge in [-0.15, -0.1) is 0 Å². The maximum atomic E-state index is 13.3. The van der Waals surface area contributed by atoms with Crippen molar-refractivity contribution in [1.82, 2.24) is 0 Å². The van der Waals surface area contributed by atoms with Crippen LogP contribution in [0.4, 0.5) is 13.2 Å². The quantitative estimate of drug-likeness (QED) is 0.840. The van der Waals surface area contributed by atoms with Gasteiger partial charge in [0, 0.05) is 18.3 Å². The van der Waals surface area contributed by atoms with Crippen LogP contribution in [-0.2, 0) is 16.6 Å². The van der Waals surface area contributed by atoms with Gasteiger partial charge in [0.15, 0.2) is 0 Å². The van der Waals surface area contributed by atoms with Crippen LogP contribution >= 0.6 is 0 Å². The number of phenols is 1. The van der Waals surface area contributed by atoms with E-state index >= 15 is 0 Å². The zero-order chi connectivity index (χ0) is 16.0. The number of benzene rings is 1. The van der Waals surface area contributed by atoms with Crippen molar-refractivity contribution < 1.29 is 23.1 Å². The Morgan fingerprint density at radius 2 is 2.05 bits per heavy atom. The van der Waals surface area contributed by atoms with Gasteiger partial charge < -0.3 is 5.11 Å². The number of phenolic OH excluding ortho intramolecular Hbond substituents is 1. The summed E-state index contributed by atoms with van der Waals surface area (Å²) in [5.74, 6) is -0.0857. The maximum Gasteiger partial charge on any atom is 0.389 e. The number of ketones is 1. The highest BCUT2D eigenvalue weighted by atomic mass is 19.4. The lowest BCUT2D eigenvalue weighted by Crippen LogP contribution is -2.44. The van der Waals surface area contributed by atoms with Gasteiger partial charge >= 0.3 is 6.18 Å². The standard InChI is InChI=1S/C17H19F3O2/c18-17(19,20)10-16-7-6-14(22)9-12(16)3-1-2-11-8-13(21)4-5-15(11)16/h4-5,8,12,21H,1-3,6-7,9-10H2. The molecule has 0 heterocycles. The Morgan fingerprint density at radius 1 is 1.27 bits per heavy atom. The number of hydrogen-bond acceptors (Lipinski definition) is 2. The third-order valence-electron chi connectivity index (χ3n) is 5.25. The van der Waals surface area contributed by atoms with Gasteiger partial charge in [-0.1, -0.05) is 6.07 Å². The number of hydrogen-bond donors (Lipinski definition) is 1. The number of rotatable bonds is 1. The second kappa shape index (κ2) is 5.28. The van der Waals surface area contributed by atoms with Crippen molar-refractivity contribution in [2.75, 3.05) is 0 Å². The molecule has 1 aromatic rings. The molecule has 0 saturated heterocycles. The lowest BCUT2D eigenvalue weighted by atomic mass is 9.59. The monoisotopic (exact) mass is 312 g/mol. The molecule has 1 aromatic carbocycles. The zero-order valence-electron chi connectivity index (χ0n) is 12.2. The molecule has 2 atom stereocenters. The first kappa shape index (κ1) is 15.4. The van der Waals surface area contributed by atoms with Gasteiger partial charge in [0.25, 0.3) is 0 Å². The minimum atomic E-state index is -4.27. The third-order valence-corrected chi connectivity index (χ3v) is 5.25. The summed E-state index contributed by atoms with van der Waals surface area (Å²) in [5, 5.41) is 9.66. The number of alkyl halides is 3.